The Morgan fingerprint density at radius 1 is 1.33 bits per heavy atom. The Bertz CT molecular complexity index is 862. The minimum atomic E-state index is -0.114. The highest BCUT2D eigenvalue weighted by molar-refractivity contribution is 7.14. The van der Waals surface area contributed by atoms with Gasteiger partial charge in [-0.3, -0.25) is 9.48 Å². The van der Waals surface area contributed by atoms with E-state index in [4.69, 9.17) is 9.47 Å². The number of aryl methyl sites for hydroxylation is 1. The summed E-state index contributed by atoms with van der Waals surface area (Å²) in [6.45, 7) is 0.717. The minimum absolute atomic E-state index is 0.114. The van der Waals surface area contributed by atoms with Crippen LogP contribution < -0.4 is 14.8 Å². The van der Waals surface area contributed by atoms with Crippen molar-refractivity contribution in [2.75, 3.05) is 12.1 Å². The van der Waals surface area contributed by atoms with Gasteiger partial charge in [-0.05, 0) is 18.2 Å². The molecule has 3 heterocycles. The zero-order valence-corrected chi connectivity index (χ0v) is 13.3. The molecule has 2 aromatic heterocycles. The van der Waals surface area contributed by atoms with E-state index in [9.17, 15) is 4.79 Å². The Morgan fingerprint density at radius 2 is 2.25 bits per heavy atom. The van der Waals surface area contributed by atoms with Crippen molar-refractivity contribution in [1.29, 1.82) is 0 Å². The first-order valence-corrected chi connectivity index (χ1v) is 8.14. The van der Waals surface area contributed by atoms with Crippen LogP contribution in [0.15, 0.2) is 36.2 Å². The maximum Gasteiger partial charge on any atom is 0.231 e. The summed E-state index contributed by atoms with van der Waals surface area (Å²) >= 11 is 1.38. The number of nitrogens with zero attached hydrogens (tertiary/aromatic N) is 4. The molecule has 0 radical (unpaired) electrons. The lowest BCUT2D eigenvalue weighted by molar-refractivity contribution is -0.116. The fourth-order valence-electron chi connectivity index (χ4n) is 2.27. The quantitative estimate of drug-likeness (QED) is 0.763. The van der Waals surface area contributed by atoms with Gasteiger partial charge >= 0.3 is 0 Å². The van der Waals surface area contributed by atoms with Crippen LogP contribution in [-0.2, 0) is 11.3 Å². The monoisotopic (exact) mass is 343 g/mol. The number of ether oxygens (including phenoxy) is 2. The maximum absolute atomic E-state index is 12.0. The molecule has 0 bridgehead atoms. The van der Waals surface area contributed by atoms with Gasteiger partial charge in [-0.1, -0.05) is 0 Å². The second-order valence-corrected chi connectivity index (χ2v) is 5.92. The van der Waals surface area contributed by atoms with Crippen LogP contribution >= 0.6 is 11.3 Å². The number of carbonyl (C=O) groups excluding carboxylic acids is 1. The van der Waals surface area contributed by atoms with Gasteiger partial charge in [0.15, 0.2) is 16.6 Å². The smallest absolute Gasteiger partial charge is 0.231 e. The molecule has 9 heteroatoms. The number of anilines is 1. The number of hydrogen-bond acceptors (Lipinski definition) is 7. The average molecular weight is 343 g/mol. The molecule has 1 aromatic carbocycles. The zero-order valence-electron chi connectivity index (χ0n) is 12.5. The van der Waals surface area contributed by atoms with Gasteiger partial charge in [0.05, 0.1) is 12.2 Å². The molecule has 0 aliphatic carbocycles. The van der Waals surface area contributed by atoms with E-state index in [1.807, 2.05) is 23.6 Å². The standard InChI is InChI=1S/C15H13N5O3S/c21-14(3-4-20-8-16-7-17-20)19-15-18-11(6-24-15)10-1-2-12-13(5-10)23-9-22-12/h1-2,5-8H,3-4,9H2,(H,18,19,21). The Labute approximate surface area is 141 Å². The molecule has 0 unspecified atom stereocenters. The average Bonchev–Trinajstić information content (AvgIpc) is 3.33. The van der Waals surface area contributed by atoms with E-state index in [1.165, 1.54) is 17.7 Å². The molecule has 24 heavy (non-hydrogen) atoms. The van der Waals surface area contributed by atoms with Crippen molar-refractivity contribution in [3.8, 4) is 22.8 Å². The number of carbonyl (C=O) groups is 1. The summed E-state index contributed by atoms with van der Waals surface area (Å²) in [6.07, 6.45) is 3.33. The van der Waals surface area contributed by atoms with E-state index in [1.54, 1.807) is 11.0 Å². The number of hydrogen-bond donors (Lipinski definition) is 1. The highest BCUT2D eigenvalue weighted by atomic mass is 32.1. The molecule has 1 amide bonds. The van der Waals surface area contributed by atoms with Crippen molar-refractivity contribution >= 4 is 22.4 Å². The van der Waals surface area contributed by atoms with Gasteiger partial charge in [0.25, 0.3) is 0 Å². The van der Waals surface area contributed by atoms with Crippen LogP contribution in [0.3, 0.4) is 0 Å². The Hall–Kier alpha value is -2.94. The fraction of sp³-hybridized carbons (Fsp3) is 0.200. The van der Waals surface area contributed by atoms with Crippen LogP contribution in [0.1, 0.15) is 6.42 Å². The largest absolute Gasteiger partial charge is 0.454 e. The first kappa shape index (κ1) is 14.6. The fourth-order valence-corrected chi connectivity index (χ4v) is 3.00. The van der Waals surface area contributed by atoms with E-state index >= 15 is 0 Å². The second-order valence-electron chi connectivity index (χ2n) is 5.06. The lowest BCUT2D eigenvalue weighted by Gasteiger charge is -2.02. The van der Waals surface area contributed by atoms with Gasteiger partial charge in [-0.25, -0.2) is 9.97 Å². The topological polar surface area (TPSA) is 91.2 Å². The van der Waals surface area contributed by atoms with Crippen LogP contribution in [-0.4, -0.2) is 32.4 Å². The number of benzene rings is 1. The van der Waals surface area contributed by atoms with E-state index in [2.05, 4.69) is 20.4 Å². The summed E-state index contributed by atoms with van der Waals surface area (Å²) in [5.41, 5.74) is 1.70. The lowest BCUT2D eigenvalue weighted by Crippen LogP contribution is -2.14. The van der Waals surface area contributed by atoms with Crippen molar-refractivity contribution in [3.63, 3.8) is 0 Å². The normalized spacial score (nSPS) is 12.3. The Kier molecular flexibility index (Phi) is 3.83. The molecule has 1 aliphatic rings. The molecular formula is C15H13N5O3S. The predicted molar refractivity (Wildman–Crippen MR) is 86.9 cm³/mol. The van der Waals surface area contributed by atoms with Gasteiger partial charge in [-0.15, -0.1) is 11.3 Å². The number of thiazole rings is 1. The molecule has 0 fully saturated rings. The number of rotatable bonds is 5. The molecule has 4 rings (SSSR count). The van der Waals surface area contributed by atoms with Crippen molar-refractivity contribution in [3.05, 3.63) is 36.2 Å². The van der Waals surface area contributed by atoms with Crippen molar-refractivity contribution < 1.29 is 14.3 Å². The van der Waals surface area contributed by atoms with Gasteiger partial charge < -0.3 is 14.8 Å². The van der Waals surface area contributed by atoms with Gasteiger partial charge in [0.1, 0.15) is 12.7 Å². The summed E-state index contributed by atoms with van der Waals surface area (Å²) in [5.74, 6) is 1.33. The van der Waals surface area contributed by atoms with Crippen LogP contribution in [0.5, 0.6) is 11.5 Å². The van der Waals surface area contributed by atoms with Gasteiger partial charge in [0.2, 0.25) is 12.7 Å². The number of nitrogens with one attached hydrogen (secondary N) is 1. The third-order valence-electron chi connectivity index (χ3n) is 3.45. The molecular weight excluding hydrogens is 330 g/mol. The number of amides is 1. The SMILES string of the molecule is O=C(CCn1cncn1)Nc1nc(-c2ccc3c(c2)OCO3)cs1. The summed E-state index contributed by atoms with van der Waals surface area (Å²) in [6, 6.07) is 5.65. The Morgan fingerprint density at radius 3 is 3.12 bits per heavy atom. The summed E-state index contributed by atoms with van der Waals surface area (Å²) in [4.78, 5) is 20.2. The summed E-state index contributed by atoms with van der Waals surface area (Å²) < 4.78 is 12.3. The molecule has 8 nitrogen and oxygen atoms in total. The highest BCUT2D eigenvalue weighted by Crippen LogP contribution is 2.36. The zero-order chi connectivity index (χ0) is 16.4. The summed E-state index contributed by atoms with van der Waals surface area (Å²) in [7, 11) is 0. The molecule has 1 N–H and O–H groups in total. The molecule has 1 aliphatic heterocycles. The summed E-state index contributed by atoms with van der Waals surface area (Å²) in [5, 5.41) is 9.21. The second kappa shape index (κ2) is 6.28. The maximum atomic E-state index is 12.0. The molecule has 0 saturated carbocycles. The van der Waals surface area contributed by atoms with E-state index in [-0.39, 0.29) is 12.7 Å². The molecule has 3 aromatic rings. The number of fused-ring (bicyclic) bond motifs is 1. The van der Waals surface area contributed by atoms with E-state index in [0.29, 0.717) is 23.8 Å². The molecule has 0 spiro atoms. The van der Waals surface area contributed by atoms with Crippen LogP contribution in [0.4, 0.5) is 5.13 Å². The first-order valence-electron chi connectivity index (χ1n) is 7.26. The van der Waals surface area contributed by atoms with Gasteiger partial charge in [-0.2, -0.15) is 5.10 Å². The van der Waals surface area contributed by atoms with Gasteiger partial charge in [0, 0.05) is 17.4 Å². The van der Waals surface area contributed by atoms with Crippen LogP contribution in [0.25, 0.3) is 11.3 Å². The van der Waals surface area contributed by atoms with E-state index < -0.39 is 0 Å². The van der Waals surface area contributed by atoms with Crippen LogP contribution in [0.2, 0.25) is 0 Å². The first-order chi connectivity index (χ1) is 11.8. The van der Waals surface area contributed by atoms with Crippen molar-refractivity contribution in [2.45, 2.75) is 13.0 Å². The highest BCUT2D eigenvalue weighted by Gasteiger charge is 2.15. The van der Waals surface area contributed by atoms with E-state index in [0.717, 1.165) is 17.0 Å². The third-order valence-corrected chi connectivity index (χ3v) is 4.21. The molecule has 122 valence electrons. The van der Waals surface area contributed by atoms with Crippen LogP contribution in [0, 0.1) is 0 Å². The third kappa shape index (κ3) is 3.06. The van der Waals surface area contributed by atoms with Crippen molar-refractivity contribution in [2.24, 2.45) is 0 Å². The number of aromatic nitrogens is 4. The van der Waals surface area contributed by atoms with Crippen molar-refractivity contribution in [1.82, 2.24) is 19.7 Å². The predicted octanol–water partition coefficient (Wildman–Crippen LogP) is 2.16. The molecule has 0 atom stereocenters. The minimum Gasteiger partial charge on any atom is -0.454 e. The lowest BCUT2D eigenvalue weighted by atomic mass is 10.1. The Balaban J connectivity index is 1.40. The molecule has 0 saturated heterocycles.